The van der Waals surface area contributed by atoms with E-state index in [2.05, 4.69) is 9.97 Å². The van der Waals surface area contributed by atoms with Gasteiger partial charge in [0.05, 0.1) is 12.0 Å². The molecule has 3 N–H and O–H groups in total. The van der Waals surface area contributed by atoms with Gasteiger partial charge in [-0.25, -0.2) is 9.97 Å². The minimum absolute atomic E-state index is 0.165. The molecule has 0 saturated carbocycles. The zero-order valence-corrected chi connectivity index (χ0v) is 9.33. The molecule has 1 aromatic rings. The average Bonchev–Trinajstić information content (AvgIpc) is 2.21. The average molecular weight is 228 g/mol. The largest absolute Gasteiger partial charge is 0.388 e. The van der Waals surface area contributed by atoms with E-state index >= 15 is 0 Å². The van der Waals surface area contributed by atoms with Gasteiger partial charge in [-0.2, -0.15) is 0 Å². The van der Waals surface area contributed by atoms with Crippen molar-refractivity contribution in [2.75, 3.05) is 18.0 Å². The first-order valence-corrected chi connectivity index (χ1v) is 5.06. The van der Waals surface area contributed by atoms with Gasteiger partial charge < -0.3 is 10.6 Å². The van der Waals surface area contributed by atoms with Crippen molar-refractivity contribution in [3.63, 3.8) is 0 Å². The summed E-state index contributed by atoms with van der Waals surface area (Å²) in [6.45, 7) is 3.41. The predicted molar refractivity (Wildman–Crippen MR) is 61.5 cm³/mol. The van der Waals surface area contributed by atoms with Crippen LogP contribution in [0, 0.1) is 5.41 Å². The van der Waals surface area contributed by atoms with Crippen molar-refractivity contribution in [1.29, 1.82) is 5.41 Å². The second kappa shape index (κ2) is 5.50. The van der Waals surface area contributed by atoms with Gasteiger partial charge in [-0.3, -0.25) is 5.41 Å². The van der Waals surface area contributed by atoms with Gasteiger partial charge in [-0.15, -0.1) is 0 Å². The van der Waals surface area contributed by atoms with Crippen LogP contribution in [0.5, 0.6) is 0 Å². The Hall–Kier alpha value is -1.36. The minimum Gasteiger partial charge on any atom is -0.388 e. The first-order chi connectivity index (χ1) is 7.15. The number of hydrogen-bond donors (Lipinski definition) is 2. The molecule has 0 bridgehead atoms. The Bertz CT molecular complexity index is 341. The van der Waals surface area contributed by atoms with Gasteiger partial charge in [0.1, 0.15) is 11.3 Å². The van der Waals surface area contributed by atoms with E-state index in [1.165, 1.54) is 6.33 Å². The lowest BCUT2D eigenvalue weighted by molar-refractivity contribution is 0.811. The summed E-state index contributed by atoms with van der Waals surface area (Å²) in [6, 6.07) is 0. The molecule has 0 saturated heterocycles. The number of rotatable bonds is 5. The summed E-state index contributed by atoms with van der Waals surface area (Å²) in [5, 5.41) is 7.68. The molecule has 5 nitrogen and oxygen atoms in total. The normalized spacial score (nSPS) is 10.0. The quantitative estimate of drug-likeness (QED) is 0.587. The van der Waals surface area contributed by atoms with Gasteiger partial charge in [-0.05, 0) is 6.92 Å². The van der Waals surface area contributed by atoms with E-state index in [1.54, 1.807) is 6.20 Å². The van der Waals surface area contributed by atoms with E-state index < -0.39 is 0 Å². The summed E-state index contributed by atoms with van der Waals surface area (Å²) in [4.78, 5) is 9.88. The van der Waals surface area contributed by atoms with Gasteiger partial charge in [0, 0.05) is 19.5 Å². The lowest BCUT2D eigenvalue weighted by Gasteiger charge is -2.21. The molecule has 1 heterocycles. The number of nitrogens with zero attached hydrogens (tertiary/aromatic N) is 3. The van der Waals surface area contributed by atoms with E-state index in [0.29, 0.717) is 23.8 Å². The third kappa shape index (κ3) is 3.36. The molecule has 1 aromatic heterocycles. The fourth-order valence-corrected chi connectivity index (χ4v) is 1.43. The van der Waals surface area contributed by atoms with Crippen LogP contribution in [0.3, 0.4) is 0 Å². The zero-order valence-electron chi connectivity index (χ0n) is 8.57. The van der Waals surface area contributed by atoms with Crippen LogP contribution in [-0.2, 0) is 0 Å². The maximum Gasteiger partial charge on any atom is 0.150 e. The van der Waals surface area contributed by atoms with Crippen LogP contribution >= 0.6 is 11.6 Å². The topological polar surface area (TPSA) is 78.9 Å². The highest BCUT2D eigenvalue weighted by Crippen LogP contribution is 2.20. The van der Waals surface area contributed by atoms with Gasteiger partial charge in [0.15, 0.2) is 5.82 Å². The highest BCUT2D eigenvalue weighted by Gasteiger charge is 2.09. The number of hydrogen-bond acceptors (Lipinski definition) is 4. The van der Waals surface area contributed by atoms with Crippen molar-refractivity contribution in [2.45, 2.75) is 13.3 Å². The fourth-order valence-electron chi connectivity index (χ4n) is 1.21. The van der Waals surface area contributed by atoms with Gasteiger partial charge in [0.2, 0.25) is 0 Å². The molecule has 0 unspecified atom stereocenters. The summed E-state index contributed by atoms with van der Waals surface area (Å²) in [5.41, 5.74) is 5.30. The summed E-state index contributed by atoms with van der Waals surface area (Å²) in [6.07, 6.45) is 3.52. The predicted octanol–water partition coefficient (Wildman–Crippen LogP) is 1.28. The van der Waals surface area contributed by atoms with Crippen molar-refractivity contribution in [3.05, 3.63) is 17.5 Å². The molecule has 1 rings (SSSR count). The Morgan fingerprint density at radius 2 is 2.40 bits per heavy atom. The maximum absolute atomic E-state index is 7.16. The van der Waals surface area contributed by atoms with Crippen LogP contribution in [0.25, 0.3) is 0 Å². The Labute approximate surface area is 93.8 Å². The molecular formula is C9H14ClN5. The summed E-state index contributed by atoms with van der Waals surface area (Å²) < 4.78 is 0. The summed E-state index contributed by atoms with van der Waals surface area (Å²) in [5.74, 6) is 0.856. The smallest absolute Gasteiger partial charge is 0.150 e. The Morgan fingerprint density at radius 3 is 2.93 bits per heavy atom. The van der Waals surface area contributed by atoms with E-state index in [-0.39, 0.29) is 5.84 Å². The second-order valence-corrected chi connectivity index (χ2v) is 3.46. The SMILES string of the molecule is CCN(CCC(=N)N)c1ncncc1Cl. The van der Waals surface area contributed by atoms with E-state index in [1.807, 2.05) is 11.8 Å². The third-order valence-corrected chi connectivity index (χ3v) is 2.25. The van der Waals surface area contributed by atoms with Crippen LogP contribution in [-0.4, -0.2) is 28.9 Å². The molecule has 6 heteroatoms. The number of amidine groups is 1. The van der Waals surface area contributed by atoms with Crippen molar-refractivity contribution < 1.29 is 0 Å². The number of nitrogens with one attached hydrogen (secondary N) is 1. The molecule has 0 fully saturated rings. The van der Waals surface area contributed by atoms with Gasteiger partial charge >= 0.3 is 0 Å². The Morgan fingerprint density at radius 1 is 1.67 bits per heavy atom. The lowest BCUT2D eigenvalue weighted by Crippen LogP contribution is -2.28. The Kier molecular flexibility index (Phi) is 4.30. The molecule has 0 radical (unpaired) electrons. The minimum atomic E-state index is 0.165. The standard InChI is InChI=1S/C9H14ClN5/c1-2-15(4-3-8(11)12)9-7(10)5-13-6-14-9/h5-6H,2-4H2,1H3,(H3,11,12). The van der Waals surface area contributed by atoms with Crippen LogP contribution in [0.2, 0.25) is 5.02 Å². The molecule has 15 heavy (non-hydrogen) atoms. The van der Waals surface area contributed by atoms with Crippen LogP contribution in [0.4, 0.5) is 5.82 Å². The summed E-state index contributed by atoms with van der Waals surface area (Å²) >= 11 is 5.96. The molecule has 0 amide bonds. The second-order valence-electron chi connectivity index (χ2n) is 3.05. The summed E-state index contributed by atoms with van der Waals surface area (Å²) in [7, 11) is 0. The lowest BCUT2D eigenvalue weighted by atomic mass is 10.3. The molecule has 0 aliphatic heterocycles. The molecular weight excluding hydrogens is 214 g/mol. The number of anilines is 1. The van der Waals surface area contributed by atoms with E-state index in [4.69, 9.17) is 22.7 Å². The monoisotopic (exact) mass is 227 g/mol. The maximum atomic E-state index is 7.16. The first-order valence-electron chi connectivity index (χ1n) is 4.68. The zero-order chi connectivity index (χ0) is 11.3. The fraction of sp³-hybridized carbons (Fsp3) is 0.444. The number of nitrogens with two attached hydrogens (primary N) is 1. The first kappa shape index (κ1) is 11.7. The van der Waals surface area contributed by atoms with Crippen molar-refractivity contribution >= 4 is 23.3 Å². The third-order valence-electron chi connectivity index (χ3n) is 1.98. The van der Waals surface area contributed by atoms with Crippen LogP contribution in [0.1, 0.15) is 13.3 Å². The van der Waals surface area contributed by atoms with E-state index in [0.717, 1.165) is 6.54 Å². The molecule has 0 atom stereocenters. The van der Waals surface area contributed by atoms with Crippen molar-refractivity contribution in [3.8, 4) is 0 Å². The van der Waals surface area contributed by atoms with Crippen molar-refractivity contribution in [2.24, 2.45) is 5.73 Å². The molecule has 0 aliphatic rings. The highest BCUT2D eigenvalue weighted by molar-refractivity contribution is 6.32. The van der Waals surface area contributed by atoms with E-state index in [9.17, 15) is 0 Å². The molecule has 82 valence electrons. The Balaban J connectivity index is 2.74. The number of halogens is 1. The van der Waals surface area contributed by atoms with Gasteiger partial charge in [-0.1, -0.05) is 11.6 Å². The molecule has 0 aromatic carbocycles. The van der Waals surface area contributed by atoms with Crippen LogP contribution < -0.4 is 10.6 Å². The number of aromatic nitrogens is 2. The van der Waals surface area contributed by atoms with Gasteiger partial charge in [0.25, 0.3) is 0 Å². The van der Waals surface area contributed by atoms with Crippen molar-refractivity contribution in [1.82, 2.24) is 9.97 Å². The van der Waals surface area contributed by atoms with Crippen LogP contribution in [0.15, 0.2) is 12.5 Å². The molecule has 0 aliphatic carbocycles. The molecule has 0 spiro atoms. The highest BCUT2D eigenvalue weighted by atomic mass is 35.5.